The Morgan fingerprint density at radius 3 is 2.68 bits per heavy atom. The Bertz CT molecular complexity index is 476. The molecule has 1 aromatic carbocycles. The zero-order chi connectivity index (χ0) is 14.4. The summed E-state index contributed by atoms with van der Waals surface area (Å²) in [5, 5.41) is 11.3. The van der Waals surface area contributed by atoms with Crippen molar-refractivity contribution >= 4 is 11.9 Å². The maximum atomic E-state index is 13.5. The summed E-state index contributed by atoms with van der Waals surface area (Å²) < 4.78 is 18.5. The van der Waals surface area contributed by atoms with Crippen LogP contribution in [0.2, 0.25) is 0 Å². The van der Waals surface area contributed by atoms with Crippen molar-refractivity contribution in [3.05, 3.63) is 29.6 Å². The number of amides is 1. The molecule has 0 saturated carbocycles. The summed E-state index contributed by atoms with van der Waals surface area (Å²) in [7, 11) is 0. The maximum absolute atomic E-state index is 13.5. The molecule has 1 rings (SSSR count). The Morgan fingerprint density at radius 1 is 1.47 bits per heavy atom. The second-order valence-corrected chi connectivity index (χ2v) is 4.12. The lowest BCUT2D eigenvalue weighted by atomic mass is 10.2. The highest BCUT2D eigenvalue weighted by Crippen LogP contribution is 2.18. The van der Waals surface area contributed by atoms with Gasteiger partial charge in [0.25, 0.3) is 5.91 Å². The Hall–Kier alpha value is -2.11. The number of nitrogens with one attached hydrogen (secondary N) is 1. The van der Waals surface area contributed by atoms with Gasteiger partial charge in [0.2, 0.25) is 0 Å². The molecule has 0 radical (unpaired) electrons. The lowest BCUT2D eigenvalue weighted by molar-refractivity contribution is -0.123. The van der Waals surface area contributed by atoms with E-state index in [1.165, 1.54) is 12.1 Å². The molecule has 2 N–H and O–H groups in total. The molecule has 0 aliphatic rings. The van der Waals surface area contributed by atoms with Crippen LogP contribution in [-0.4, -0.2) is 29.6 Å². The molecule has 19 heavy (non-hydrogen) atoms. The molecule has 1 atom stereocenters. The maximum Gasteiger partial charge on any atom is 0.335 e. The first-order chi connectivity index (χ1) is 8.93. The second-order valence-electron chi connectivity index (χ2n) is 4.12. The fourth-order valence-electron chi connectivity index (χ4n) is 1.31. The van der Waals surface area contributed by atoms with E-state index >= 15 is 0 Å². The number of carbonyl (C=O) groups excluding carboxylic acids is 1. The second kappa shape index (κ2) is 6.72. The minimum atomic E-state index is -1.22. The first kappa shape index (κ1) is 14.9. The molecule has 0 aliphatic heterocycles. The number of carbonyl (C=O) groups is 2. The van der Waals surface area contributed by atoms with Crippen molar-refractivity contribution in [1.29, 1.82) is 0 Å². The monoisotopic (exact) mass is 269 g/mol. The van der Waals surface area contributed by atoms with Gasteiger partial charge in [-0.1, -0.05) is 6.92 Å². The van der Waals surface area contributed by atoms with Crippen LogP contribution in [-0.2, 0) is 4.79 Å². The van der Waals surface area contributed by atoms with E-state index in [4.69, 9.17) is 9.84 Å². The van der Waals surface area contributed by atoms with Crippen molar-refractivity contribution in [2.24, 2.45) is 0 Å². The summed E-state index contributed by atoms with van der Waals surface area (Å²) in [4.78, 5) is 22.0. The number of carboxylic acid groups (broad SMARTS) is 1. The highest BCUT2D eigenvalue weighted by atomic mass is 19.1. The Balaban J connectivity index is 2.59. The van der Waals surface area contributed by atoms with Crippen LogP contribution >= 0.6 is 0 Å². The fraction of sp³-hybridized carbons (Fsp3) is 0.385. The number of rotatable bonds is 6. The molecular weight excluding hydrogens is 253 g/mol. The van der Waals surface area contributed by atoms with E-state index in [1.54, 1.807) is 0 Å². The van der Waals surface area contributed by atoms with Crippen LogP contribution in [0.3, 0.4) is 0 Å². The number of halogens is 1. The van der Waals surface area contributed by atoms with Gasteiger partial charge in [-0.15, -0.1) is 0 Å². The highest BCUT2D eigenvalue weighted by molar-refractivity contribution is 5.87. The molecule has 1 amide bonds. The van der Waals surface area contributed by atoms with Gasteiger partial charge in [0.1, 0.15) is 0 Å². The van der Waals surface area contributed by atoms with Crippen LogP contribution in [0.15, 0.2) is 18.2 Å². The van der Waals surface area contributed by atoms with Gasteiger partial charge in [0, 0.05) is 6.04 Å². The molecule has 1 aromatic rings. The molecule has 0 spiro atoms. The van der Waals surface area contributed by atoms with Crippen LogP contribution < -0.4 is 10.1 Å². The fourth-order valence-corrected chi connectivity index (χ4v) is 1.31. The molecule has 5 nitrogen and oxygen atoms in total. The van der Waals surface area contributed by atoms with E-state index in [1.807, 2.05) is 13.8 Å². The quantitative estimate of drug-likeness (QED) is 0.826. The number of benzene rings is 1. The number of aromatic carboxylic acids is 1. The van der Waals surface area contributed by atoms with Crippen molar-refractivity contribution in [2.45, 2.75) is 26.3 Å². The zero-order valence-corrected chi connectivity index (χ0v) is 10.8. The predicted molar refractivity (Wildman–Crippen MR) is 66.8 cm³/mol. The lowest BCUT2D eigenvalue weighted by Gasteiger charge is -2.12. The summed E-state index contributed by atoms with van der Waals surface area (Å²) in [6.45, 7) is 3.46. The third-order valence-corrected chi connectivity index (χ3v) is 2.56. The topological polar surface area (TPSA) is 75.6 Å². The van der Waals surface area contributed by atoms with Crippen molar-refractivity contribution < 1.29 is 23.8 Å². The van der Waals surface area contributed by atoms with Gasteiger partial charge >= 0.3 is 5.97 Å². The van der Waals surface area contributed by atoms with Crippen LogP contribution in [0.25, 0.3) is 0 Å². The molecule has 6 heteroatoms. The Morgan fingerprint density at radius 2 is 2.16 bits per heavy atom. The van der Waals surface area contributed by atoms with Crippen molar-refractivity contribution in [2.75, 3.05) is 6.61 Å². The summed E-state index contributed by atoms with van der Waals surface area (Å²) in [5.41, 5.74) is -0.172. The van der Waals surface area contributed by atoms with Crippen molar-refractivity contribution in [3.63, 3.8) is 0 Å². The van der Waals surface area contributed by atoms with Crippen molar-refractivity contribution in [1.82, 2.24) is 5.32 Å². The predicted octanol–water partition coefficient (Wildman–Crippen LogP) is 1.82. The largest absolute Gasteiger partial charge is 0.481 e. The van der Waals surface area contributed by atoms with E-state index < -0.39 is 11.8 Å². The van der Waals surface area contributed by atoms with Crippen LogP contribution in [0.1, 0.15) is 30.6 Å². The van der Waals surface area contributed by atoms with Crippen LogP contribution in [0.4, 0.5) is 4.39 Å². The molecular formula is C13H16FNO4. The Kier molecular flexibility index (Phi) is 5.29. The van der Waals surface area contributed by atoms with Gasteiger partial charge in [-0.05, 0) is 31.5 Å². The lowest BCUT2D eigenvalue weighted by Crippen LogP contribution is -2.35. The standard InChI is InChI=1S/C13H16FNO4/c1-3-8(2)15-12(16)7-19-11-5-4-9(13(17)18)6-10(11)14/h4-6,8H,3,7H2,1-2H3,(H,15,16)(H,17,18). The molecule has 104 valence electrons. The molecule has 0 aromatic heterocycles. The molecule has 0 saturated heterocycles. The average molecular weight is 269 g/mol. The summed E-state index contributed by atoms with van der Waals surface area (Å²) in [6, 6.07) is 3.28. The van der Waals surface area contributed by atoms with E-state index in [-0.39, 0.29) is 29.9 Å². The van der Waals surface area contributed by atoms with E-state index in [9.17, 15) is 14.0 Å². The number of hydrogen-bond acceptors (Lipinski definition) is 3. The molecule has 0 fully saturated rings. The minimum Gasteiger partial charge on any atom is -0.481 e. The summed E-state index contributed by atoms with van der Waals surface area (Å²) >= 11 is 0. The average Bonchev–Trinajstić information content (AvgIpc) is 2.36. The first-order valence-electron chi connectivity index (χ1n) is 5.89. The Labute approximate surface area is 110 Å². The van der Waals surface area contributed by atoms with Crippen LogP contribution in [0, 0.1) is 5.82 Å². The number of hydrogen-bond donors (Lipinski definition) is 2. The summed E-state index contributed by atoms with van der Waals surface area (Å²) in [6.07, 6.45) is 0.785. The minimum absolute atomic E-state index is 0.0235. The van der Waals surface area contributed by atoms with Gasteiger partial charge in [0.05, 0.1) is 5.56 Å². The highest BCUT2D eigenvalue weighted by Gasteiger charge is 2.11. The van der Waals surface area contributed by atoms with Gasteiger partial charge < -0.3 is 15.2 Å². The molecule has 0 bridgehead atoms. The molecule has 0 heterocycles. The van der Waals surface area contributed by atoms with E-state index in [0.717, 1.165) is 12.5 Å². The normalized spacial score (nSPS) is 11.7. The van der Waals surface area contributed by atoms with Gasteiger partial charge in [-0.3, -0.25) is 4.79 Å². The van der Waals surface area contributed by atoms with Crippen LogP contribution in [0.5, 0.6) is 5.75 Å². The number of ether oxygens (including phenoxy) is 1. The smallest absolute Gasteiger partial charge is 0.335 e. The summed E-state index contributed by atoms with van der Waals surface area (Å²) in [5.74, 6) is -2.53. The third kappa shape index (κ3) is 4.57. The number of carboxylic acids is 1. The van der Waals surface area contributed by atoms with Gasteiger partial charge in [-0.2, -0.15) is 0 Å². The third-order valence-electron chi connectivity index (χ3n) is 2.56. The molecule has 0 aliphatic carbocycles. The zero-order valence-electron chi connectivity index (χ0n) is 10.8. The van der Waals surface area contributed by atoms with Crippen molar-refractivity contribution in [3.8, 4) is 5.75 Å². The van der Waals surface area contributed by atoms with E-state index in [0.29, 0.717) is 0 Å². The molecule has 1 unspecified atom stereocenters. The van der Waals surface area contributed by atoms with Gasteiger partial charge in [0.15, 0.2) is 18.2 Å². The first-order valence-corrected chi connectivity index (χ1v) is 5.89. The van der Waals surface area contributed by atoms with Gasteiger partial charge in [-0.25, -0.2) is 9.18 Å². The SMILES string of the molecule is CCC(C)NC(=O)COc1ccc(C(=O)O)cc1F. The van der Waals surface area contributed by atoms with E-state index in [2.05, 4.69) is 5.32 Å².